The summed E-state index contributed by atoms with van der Waals surface area (Å²) in [6.45, 7) is 11.1. The highest BCUT2D eigenvalue weighted by molar-refractivity contribution is 6.30. The lowest BCUT2D eigenvalue weighted by atomic mass is 9.97. The lowest BCUT2D eigenvalue weighted by molar-refractivity contribution is 0.349. The lowest BCUT2D eigenvalue weighted by Gasteiger charge is -2.43. The van der Waals surface area contributed by atoms with Crippen molar-refractivity contribution in [1.82, 2.24) is 5.32 Å². The molecule has 1 aromatic carbocycles. The predicted molar refractivity (Wildman–Crippen MR) is 79.6 cm³/mol. The lowest BCUT2D eigenvalue weighted by Crippen LogP contribution is -2.57. The molecule has 0 amide bonds. The Morgan fingerprint density at radius 1 is 1.39 bits per heavy atom. The molecule has 3 heteroatoms. The fourth-order valence-electron chi connectivity index (χ4n) is 2.69. The van der Waals surface area contributed by atoms with E-state index in [2.05, 4.69) is 50.0 Å². The number of piperazine rings is 1. The summed E-state index contributed by atoms with van der Waals surface area (Å²) in [5.41, 5.74) is 2.59. The third-order valence-electron chi connectivity index (χ3n) is 3.80. The Kier molecular flexibility index (Phi) is 4.18. The molecule has 2 rings (SSSR count). The van der Waals surface area contributed by atoms with Crippen LogP contribution >= 0.6 is 11.6 Å². The summed E-state index contributed by atoms with van der Waals surface area (Å²) in [4.78, 5) is 2.52. The number of anilines is 1. The molecule has 2 unspecified atom stereocenters. The SMILES string of the molecule is Cc1ccc(Cl)cc1N1CC(C)NCC1C(C)C. The number of halogens is 1. The molecule has 0 radical (unpaired) electrons. The molecule has 1 aliphatic heterocycles. The Morgan fingerprint density at radius 2 is 2.11 bits per heavy atom. The average Bonchev–Trinajstić information content (AvgIpc) is 2.31. The quantitative estimate of drug-likeness (QED) is 0.882. The molecule has 0 bridgehead atoms. The van der Waals surface area contributed by atoms with E-state index in [9.17, 15) is 0 Å². The van der Waals surface area contributed by atoms with Gasteiger partial charge in [-0.25, -0.2) is 0 Å². The van der Waals surface area contributed by atoms with Crippen molar-refractivity contribution < 1.29 is 0 Å². The Hall–Kier alpha value is -0.730. The van der Waals surface area contributed by atoms with Gasteiger partial charge in [-0.15, -0.1) is 0 Å². The Bertz CT molecular complexity index is 417. The van der Waals surface area contributed by atoms with Crippen LogP contribution in [0.1, 0.15) is 26.3 Å². The molecule has 1 fully saturated rings. The zero-order valence-corrected chi connectivity index (χ0v) is 12.5. The monoisotopic (exact) mass is 266 g/mol. The van der Waals surface area contributed by atoms with E-state index in [1.165, 1.54) is 11.3 Å². The first-order valence-corrected chi connectivity index (χ1v) is 7.13. The Morgan fingerprint density at radius 3 is 2.78 bits per heavy atom. The van der Waals surface area contributed by atoms with Gasteiger partial charge in [0.05, 0.1) is 0 Å². The predicted octanol–water partition coefficient (Wildman–Crippen LogP) is 3.47. The number of nitrogens with zero attached hydrogens (tertiary/aromatic N) is 1. The number of benzene rings is 1. The van der Waals surface area contributed by atoms with E-state index in [0.29, 0.717) is 18.0 Å². The van der Waals surface area contributed by atoms with E-state index in [4.69, 9.17) is 11.6 Å². The van der Waals surface area contributed by atoms with E-state index in [1.54, 1.807) is 0 Å². The van der Waals surface area contributed by atoms with Crippen LogP contribution in [0.5, 0.6) is 0 Å². The van der Waals surface area contributed by atoms with Crippen LogP contribution in [0.2, 0.25) is 5.02 Å². The summed E-state index contributed by atoms with van der Waals surface area (Å²) < 4.78 is 0. The minimum atomic E-state index is 0.526. The molecule has 2 atom stereocenters. The molecule has 0 spiro atoms. The standard InChI is InChI=1S/C15H23ClN2/c1-10(2)15-8-17-12(4)9-18(15)14-7-13(16)6-5-11(14)3/h5-7,10,12,15,17H,8-9H2,1-4H3. The number of aryl methyl sites for hydroxylation is 1. The maximum absolute atomic E-state index is 6.16. The van der Waals surface area contributed by atoms with Crippen LogP contribution in [-0.2, 0) is 0 Å². The van der Waals surface area contributed by atoms with Gasteiger partial charge in [-0.2, -0.15) is 0 Å². The van der Waals surface area contributed by atoms with Gasteiger partial charge in [-0.3, -0.25) is 0 Å². The highest BCUT2D eigenvalue weighted by atomic mass is 35.5. The van der Waals surface area contributed by atoms with E-state index in [0.717, 1.165) is 18.1 Å². The molecular formula is C15H23ClN2. The maximum Gasteiger partial charge on any atom is 0.0438 e. The summed E-state index contributed by atoms with van der Waals surface area (Å²) in [5, 5.41) is 4.40. The van der Waals surface area contributed by atoms with Gasteiger partial charge in [-0.05, 0) is 37.5 Å². The largest absolute Gasteiger partial charge is 0.365 e. The maximum atomic E-state index is 6.16. The van der Waals surface area contributed by atoms with Crippen molar-refractivity contribution in [2.75, 3.05) is 18.0 Å². The highest BCUT2D eigenvalue weighted by Crippen LogP contribution is 2.29. The fraction of sp³-hybridized carbons (Fsp3) is 0.600. The van der Waals surface area contributed by atoms with E-state index >= 15 is 0 Å². The van der Waals surface area contributed by atoms with Crippen LogP contribution in [0.4, 0.5) is 5.69 Å². The van der Waals surface area contributed by atoms with Crippen LogP contribution in [0.3, 0.4) is 0 Å². The van der Waals surface area contributed by atoms with Gasteiger partial charge in [0.1, 0.15) is 0 Å². The van der Waals surface area contributed by atoms with Crippen molar-refractivity contribution in [2.45, 2.75) is 39.8 Å². The van der Waals surface area contributed by atoms with Crippen LogP contribution in [-0.4, -0.2) is 25.2 Å². The summed E-state index contributed by atoms with van der Waals surface area (Å²) in [7, 11) is 0. The topological polar surface area (TPSA) is 15.3 Å². The van der Waals surface area contributed by atoms with Gasteiger partial charge in [-0.1, -0.05) is 31.5 Å². The molecule has 1 saturated heterocycles. The van der Waals surface area contributed by atoms with Crippen molar-refractivity contribution >= 4 is 17.3 Å². The van der Waals surface area contributed by atoms with Gasteiger partial charge in [0, 0.05) is 35.9 Å². The zero-order valence-electron chi connectivity index (χ0n) is 11.7. The number of hydrogen-bond donors (Lipinski definition) is 1. The normalized spacial score (nSPS) is 24.7. The average molecular weight is 267 g/mol. The molecule has 1 N–H and O–H groups in total. The molecule has 18 heavy (non-hydrogen) atoms. The molecule has 1 aromatic rings. The van der Waals surface area contributed by atoms with Crippen LogP contribution in [0.15, 0.2) is 18.2 Å². The fourth-order valence-corrected chi connectivity index (χ4v) is 2.86. The van der Waals surface area contributed by atoms with Gasteiger partial charge in [0.25, 0.3) is 0 Å². The molecular weight excluding hydrogens is 244 g/mol. The van der Waals surface area contributed by atoms with Crippen molar-refractivity contribution in [3.8, 4) is 0 Å². The van der Waals surface area contributed by atoms with Crippen molar-refractivity contribution in [3.63, 3.8) is 0 Å². The van der Waals surface area contributed by atoms with Gasteiger partial charge < -0.3 is 10.2 Å². The van der Waals surface area contributed by atoms with Crippen LogP contribution in [0.25, 0.3) is 0 Å². The van der Waals surface area contributed by atoms with Crippen LogP contribution < -0.4 is 10.2 Å². The number of nitrogens with one attached hydrogen (secondary N) is 1. The first-order chi connectivity index (χ1) is 8.49. The first-order valence-electron chi connectivity index (χ1n) is 6.75. The van der Waals surface area contributed by atoms with Gasteiger partial charge in [0.15, 0.2) is 0 Å². The molecule has 0 saturated carbocycles. The first kappa shape index (κ1) is 13.7. The second-order valence-corrected chi connectivity index (χ2v) is 6.14. The molecule has 0 aromatic heterocycles. The number of rotatable bonds is 2. The van der Waals surface area contributed by atoms with Crippen molar-refractivity contribution in [1.29, 1.82) is 0 Å². The molecule has 0 aliphatic carbocycles. The molecule has 1 aliphatic rings. The highest BCUT2D eigenvalue weighted by Gasteiger charge is 2.29. The smallest absolute Gasteiger partial charge is 0.0438 e. The van der Waals surface area contributed by atoms with E-state index in [-0.39, 0.29) is 0 Å². The van der Waals surface area contributed by atoms with E-state index < -0.39 is 0 Å². The Labute approximate surface area is 115 Å². The summed E-state index contributed by atoms with van der Waals surface area (Å²) in [6.07, 6.45) is 0. The van der Waals surface area contributed by atoms with E-state index in [1.807, 2.05) is 6.07 Å². The minimum absolute atomic E-state index is 0.526. The number of hydrogen-bond acceptors (Lipinski definition) is 2. The van der Waals surface area contributed by atoms with Crippen LogP contribution in [0, 0.1) is 12.8 Å². The van der Waals surface area contributed by atoms with Crippen molar-refractivity contribution in [3.05, 3.63) is 28.8 Å². The molecule has 100 valence electrons. The summed E-state index contributed by atoms with van der Waals surface area (Å²) in [5.74, 6) is 0.628. The zero-order chi connectivity index (χ0) is 13.3. The minimum Gasteiger partial charge on any atom is -0.365 e. The summed E-state index contributed by atoms with van der Waals surface area (Å²) >= 11 is 6.16. The third kappa shape index (κ3) is 2.81. The van der Waals surface area contributed by atoms with Gasteiger partial charge in [0.2, 0.25) is 0 Å². The molecule has 1 heterocycles. The summed E-state index contributed by atoms with van der Waals surface area (Å²) in [6, 6.07) is 7.25. The third-order valence-corrected chi connectivity index (χ3v) is 4.03. The Balaban J connectivity index is 2.34. The second-order valence-electron chi connectivity index (χ2n) is 5.70. The van der Waals surface area contributed by atoms with Gasteiger partial charge >= 0.3 is 0 Å². The molecule has 2 nitrogen and oxygen atoms in total. The van der Waals surface area contributed by atoms with Crippen molar-refractivity contribution in [2.24, 2.45) is 5.92 Å². The second kappa shape index (κ2) is 5.50.